The summed E-state index contributed by atoms with van der Waals surface area (Å²) in [7, 11) is 0. The van der Waals surface area contributed by atoms with E-state index in [2.05, 4.69) is 30.3 Å². The number of aliphatic hydroxyl groups is 1. The van der Waals surface area contributed by atoms with Gasteiger partial charge in [0, 0.05) is 6.61 Å². The quantitative estimate of drug-likeness (QED) is 0.802. The largest absolute Gasteiger partial charge is 0.396 e. The Balaban J connectivity index is 1.99. The summed E-state index contributed by atoms with van der Waals surface area (Å²) in [5.74, 6) is 1.27. The number of rotatable bonds is 2. The first kappa shape index (κ1) is 11.7. The third kappa shape index (κ3) is 3.08. The van der Waals surface area contributed by atoms with Crippen molar-refractivity contribution in [1.82, 2.24) is 0 Å². The van der Waals surface area contributed by atoms with Crippen molar-refractivity contribution in [3.8, 4) is 0 Å². The first-order valence-electron chi connectivity index (χ1n) is 6.56. The molecule has 16 heavy (non-hydrogen) atoms. The normalized spacial score (nSPS) is 27.1. The lowest BCUT2D eigenvalue weighted by molar-refractivity contribution is 0.195. The van der Waals surface area contributed by atoms with Crippen LogP contribution in [-0.2, 0) is 0 Å². The molecule has 1 fully saturated rings. The van der Waals surface area contributed by atoms with Gasteiger partial charge in [0.1, 0.15) is 0 Å². The number of benzene rings is 1. The maximum Gasteiger partial charge on any atom is 0.0459 e. The molecule has 0 amide bonds. The zero-order chi connectivity index (χ0) is 11.2. The molecule has 1 aromatic carbocycles. The average Bonchev–Trinajstić information content (AvgIpc) is 2.30. The van der Waals surface area contributed by atoms with Crippen LogP contribution >= 0.6 is 0 Å². The van der Waals surface area contributed by atoms with Crippen LogP contribution in [0.4, 0.5) is 0 Å². The van der Waals surface area contributed by atoms with Gasteiger partial charge in [0.2, 0.25) is 0 Å². The van der Waals surface area contributed by atoms with E-state index in [0.29, 0.717) is 12.5 Å². The maximum atomic E-state index is 9.26. The first-order valence-corrected chi connectivity index (χ1v) is 6.56. The van der Waals surface area contributed by atoms with Crippen LogP contribution in [0.1, 0.15) is 50.0 Å². The van der Waals surface area contributed by atoms with E-state index < -0.39 is 0 Å². The zero-order valence-corrected chi connectivity index (χ0v) is 9.94. The highest BCUT2D eigenvalue weighted by molar-refractivity contribution is 5.19. The molecule has 1 N–H and O–H groups in total. The summed E-state index contributed by atoms with van der Waals surface area (Å²) in [6, 6.07) is 10.9. The number of hydrogen-bond acceptors (Lipinski definition) is 1. The van der Waals surface area contributed by atoms with Crippen molar-refractivity contribution >= 4 is 0 Å². The molecule has 0 aromatic heterocycles. The van der Waals surface area contributed by atoms with Crippen molar-refractivity contribution < 1.29 is 5.11 Å². The molecule has 0 radical (unpaired) electrons. The van der Waals surface area contributed by atoms with Gasteiger partial charge in [-0.05, 0) is 43.1 Å². The summed E-state index contributed by atoms with van der Waals surface area (Å²) in [6.07, 6.45) is 7.58. The topological polar surface area (TPSA) is 20.2 Å². The molecular formula is C15H22O. The van der Waals surface area contributed by atoms with Gasteiger partial charge in [-0.25, -0.2) is 0 Å². The molecule has 1 nitrogen and oxygen atoms in total. The Hall–Kier alpha value is -0.820. The van der Waals surface area contributed by atoms with Gasteiger partial charge >= 0.3 is 0 Å². The van der Waals surface area contributed by atoms with E-state index in [9.17, 15) is 5.11 Å². The highest BCUT2D eigenvalue weighted by Gasteiger charge is 2.17. The summed E-state index contributed by atoms with van der Waals surface area (Å²) in [5.41, 5.74) is 1.49. The molecule has 0 spiro atoms. The van der Waals surface area contributed by atoms with Crippen LogP contribution in [0.3, 0.4) is 0 Å². The Morgan fingerprint density at radius 3 is 2.44 bits per heavy atom. The van der Waals surface area contributed by atoms with E-state index in [1.165, 1.54) is 44.1 Å². The summed E-state index contributed by atoms with van der Waals surface area (Å²) in [5, 5.41) is 9.26. The van der Waals surface area contributed by atoms with Gasteiger partial charge in [-0.15, -0.1) is 0 Å². The van der Waals surface area contributed by atoms with E-state index >= 15 is 0 Å². The minimum absolute atomic E-state index is 0.376. The Morgan fingerprint density at radius 1 is 0.938 bits per heavy atom. The van der Waals surface area contributed by atoms with Gasteiger partial charge in [0.15, 0.2) is 0 Å². The molecule has 1 aliphatic rings. The fraction of sp³-hybridized carbons (Fsp3) is 0.600. The van der Waals surface area contributed by atoms with Crippen LogP contribution in [-0.4, -0.2) is 11.7 Å². The van der Waals surface area contributed by atoms with Gasteiger partial charge in [-0.2, -0.15) is 0 Å². The van der Waals surface area contributed by atoms with E-state index in [0.717, 1.165) is 5.92 Å². The second-order valence-corrected chi connectivity index (χ2v) is 5.02. The molecule has 0 aliphatic heterocycles. The van der Waals surface area contributed by atoms with Crippen LogP contribution in [0.15, 0.2) is 30.3 Å². The van der Waals surface area contributed by atoms with Gasteiger partial charge < -0.3 is 5.11 Å². The van der Waals surface area contributed by atoms with E-state index in [-0.39, 0.29) is 0 Å². The fourth-order valence-corrected chi connectivity index (χ4v) is 2.79. The lowest BCUT2D eigenvalue weighted by Crippen LogP contribution is -2.12. The van der Waals surface area contributed by atoms with Crippen molar-refractivity contribution in [1.29, 1.82) is 0 Å². The van der Waals surface area contributed by atoms with E-state index in [1.807, 2.05) is 0 Å². The SMILES string of the molecule is OCC1CCCC[C@H](c2ccccc2)CC1. The molecule has 1 saturated carbocycles. The third-order valence-electron chi connectivity index (χ3n) is 3.87. The van der Waals surface area contributed by atoms with E-state index in [4.69, 9.17) is 0 Å². The highest BCUT2D eigenvalue weighted by Crippen LogP contribution is 2.32. The minimum Gasteiger partial charge on any atom is -0.396 e. The molecule has 88 valence electrons. The smallest absolute Gasteiger partial charge is 0.0459 e. The Morgan fingerprint density at radius 2 is 1.69 bits per heavy atom. The van der Waals surface area contributed by atoms with Crippen LogP contribution in [0.5, 0.6) is 0 Å². The van der Waals surface area contributed by atoms with Crippen molar-refractivity contribution in [3.05, 3.63) is 35.9 Å². The van der Waals surface area contributed by atoms with Gasteiger partial charge in [0.25, 0.3) is 0 Å². The number of hydrogen-bond donors (Lipinski definition) is 1. The van der Waals surface area contributed by atoms with E-state index in [1.54, 1.807) is 0 Å². The molecular weight excluding hydrogens is 196 g/mol. The van der Waals surface area contributed by atoms with Crippen LogP contribution < -0.4 is 0 Å². The Labute approximate surface area is 98.5 Å². The predicted molar refractivity (Wildman–Crippen MR) is 67.5 cm³/mol. The molecule has 1 aromatic rings. The number of aliphatic hydroxyl groups excluding tert-OH is 1. The monoisotopic (exact) mass is 218 g/mol. The third-order valence-corrected chi connectivity index (χ3v) is 3.87. The predicted octanol–water partition coefficient (Wildman–Crippen LogP) is 3.73. The molecule has 1 heteroatoms. The molecule has 0 saturated heterocycles. The molecule has 1 aliphatic carbocycles. The minimum atomic E-state index is 0.376. The van der Waals surface area contributed by atoms with Gasteiger partial charge in [-0.3, -0.25) is 0 Å². The van der Waals surface area contributed by atoms with Crippen molar-refractivity contribution in [3.63, 3.8) is 0 Å². The second-order valence-electron chi connectivity index (χ2n) is 5.02. The van der Waals surface area contributed by atoms with Crippen molar-refractivity contribution in [2.75, 3.05) is 6.61 Å². The Bertz CT molecular complexity index is 294. The zero-order valence-electron chi connectivity index (χ0n) is 9.94. The summed E-state index contributed by atoms with van der Waals surface area (Å²) in [6.45, 7) is 0.376. The summed E-state index contributed by atoms with van der Waals surface area (Å²) in [4.78, 5) is 0. The lowest BCUT2D eigenvalue weighted by Gasteiger charge is -2.24. The molecule has 1 unspecified atom stereocenters. The van der Waals surface area contributed by atoms with Gasteiger partial charge in [-0.1, -0.05) is 43.2 Å². The van der Waals surface area contributed by atoms with Gasteiger partial charge in [0.05, 0.1) is 0 Å². The second kappa shape index (κ2) is 6.05. The van der Waals surface area contributed by atoms with Crippen LogP contribution in [0.2, 0.25) is 0 Å². The summed E-state index contributed by atoms with van der Waals surface area (Å²) < 4.78 is 0. The molecule has 0 heterocycles. The maximum absolute atomic E-state index is 9.26. The summed E-state index contributed by atoms with van der Waals surface area (Å²) >= 11 is 0. The highest BCUT2D eigenvalue weighted by atomic mass is 16.3. The Kier molecular flexibility index (Phi) is 4.41. The molecule has 2 atom stereocenters. The molecule has 0 bridgehead atoms. The molecule has 2 rings (SSSR count). The first-order chi connectivity index (χ1) is 7.90. The van der Waals surface area contributed by atoms with Crippen LogP contribution in [0.25, 0.3) is 0 Å². The lowest BCUT2D eigenvalue weighted by atomic mass is 9.82. The van der Waals surface area contributed by atoms with Crippen molar-refractivity contribution in [2.24, 2.45) is 5.92 Å². The standard InChI is InChI=1S/C15H22O/c16-12-13-6-4-5-9-15(11-10-13)14-7-2-1-3-8-14/h1-3,7-8,13,15-16H,4-6,9-12H2/t13?,15-/m0/s1. The fourth-order valence-electron chi connectivity index (χ4n) is 2.79. The van der Waals surface area contributed by atoms with Crippen LogP contribution in [0, 0.1) is 5.92 Å². The average molecular weight is 218 g/mol. The van der Waals surface area contributed by atoms with Crippen molar-refractivity contribution in [2.45, 2.75) is 44.4 Å².